The van der Waals surface area contributed by atoms with Crippen LogP contribution in [0.15, 0.2) is 58.5 Å². The summed E-state index contributed by atoms with van der Waals surface area (Å²) in [6, 6.07) is 14.4. The van der Waals surface area contributed by atoms with Crippen LogP contribution in [0.4, 0.5) is 13.2 Å². The van der Waals surface area contributed by atoms with E-state index in [1.807, 2.05) is 36.5 Å². The fourth-order valence-corrected chi connectivity index (χ4v) is 4.04. The highest BCUT2D eigenvalue weighted by atomic mass is 32.2. The SMILES string of the molecule is CCc1ccc(-n2c(=O)c3ccccc3n3c(SCC(=O)NCC(F)(F)F)nnc23)cc1. The first-order chi connectivity index (χ1) is 15.3. The van der Waals surface area contributed by atoms with Crippen molar-refractivity contribution in [2.75, 3.05) is 12.3 Å². The zero-order valence-corrected chi connectivity index (χ0v) is 17.7. The number of hydrogen-bond acceptors (Lipinski definition) is 5. The number of amides is 1. The molecule has 4 aromatic rings. The van der Waals surface area contributed by atoms with Gasteiger partial charge < -0.3 is 5.32 Å². The van der Waals surface area contributed by atoms with Gasteiger partial charge in [-0.15, -0.1) is 10.2 Å². The normalized spacial score (nSPS) is 11.9. The predicted octanol–water partition coefficient (Wildman–Crippen LogP) is 3.37. The lowest BCUT2D eigenvalue weighted by atomic mass is 10.1. The van der Waals surface area contributed by atoms with Crippen LogP contribution >= 0.6 is 11.8 Å². The van der Waals surface area contributed by atoms with E-state index in [-0.39, 0.29) is 22.2 Å². The summed E-state index contributed by atoms with van der Waals surface area (Å²) < 4.78 is 40.0. The molecule has 0 aliphatic carbocycles. The van der Waals surface area contributed by atoms with Gasteiger partial charge in [0.15, 0.2) is 5.16 Å². The van der Waals surface area contributed by atoms with Crippen molar-refractivity contribution >= 4 is 34.3 Å². The van der Waals surface area contributed by atoms with Gasteiger partial charge in [0.05, 0.1) is 22.3 Å². The summed E-state index contributed by atoms with van der Waals surface area (Å²) in [4.78, 5) is 25.1. The molecule has 0 bridgehead atoms. The number of rotatable bonds is 6. The number of aromatic nitrogens is 4. The molecule has 0 fully saturated rings. The molecule has 0 atom stereocenters. The molecule has 11 heteroatoms. The number of nitrogens with zero attached hydrogens (tertiary/aromatic N) is 4. The second-order valence-corrected chi connectivity index (χ2v) is 7.92. The van der Waals surface area contributed by atoms with E-state index in [0.29, 0.717) is 16.6 Å². The molecule has 7 nitrogen and oxygen atoms in total. The quantitative estimate of drug-likeness (QED) is 0.446. The smallest absolute Gasteiger partial charge is 0.346 e. The number of fused-ring (bicyclic) bond motifs is 3. The molecular weight excluding hydrogens is 443 g/mol. The number of nitrogens with one attached hydrogen (secondary N) is 1. The number of benzene rings is 2. The largest absolute Gasteiger partial charge is 0.405 e. The number of thioether (sulfide) groups is 1. The van der Waals surface area contributed by atoms with Gasteiger partial charge in [-0.25, -0.2) is 4.57 Å². The number of carbonyl (C=O) groups excluding carboxylic acids is 1. The lowest BCUT2D eigenvalue weighted by molar-refractivity contribution is -0.136. The van der Waals surface area contributed by atoms with Crippen LogP contribution < -0.4 is 10.9 Å². The molecule has 2 aromatic heterocycles. The van der Waals surface area contributed by atoms with Crippen molar-refractivity contribution in [2.45, 2.75) is 24.7 Å². The molecule has 0 saturated heterocycles. The number of para-hydroxylation sites is 1. The van der Waals surface area contributed by atoms with Crippen LogP contribution in [0.3, 0.4) is 0 Å². The van der Waals surface area contributed by atoms with Crippen LogP contribution in [0.5, 0.6) is 0 Å². The molecule has 0 aliphatic heterocycles. The lowest BCUT2D eigenvalue weighted by Gasteiger charge is -2.12. The minimum atomic E-state index is -4.48. The van der Waals surface area contributed by atoms with Crippen molar-refractivity contribution in [1.82, 2.24) is 24.5 Å². The maximum absolute atomic E-state index is 13.3. The van der Waals surface area contributed by atoms with Crippen molar-refractivity contribution in [3.05, 3.63) is 64.4 Å². The second-order valence-electron chi connectivity index (χ2n) is 6.98. The van der Waals surface area contributed by atoms with Gasteiger partial charge in [0.2, 0.25) is 11.7 Å². The Morgan fingerprint density at radius 3 is 2.50 bits per heavy atom. The summed E-state index contributed by atoms with van der Waals surface area (Å²) in [6.45, 7) is 0.630. The first-order valence-electron chi connectivity index (χ1n) is 9.73. The van der Waals surface area contributed by atoms with Gasteiger partial charge in [-0.05, 0) is 36.2 Å². The molecule has 0 saturated carbocycles. The Labute approximate surface area is 184 Å². The van der Waals surface area contributed by atoms with Crippen molar-refractivity contribution in [3.8, 4) is 5.69 Å². The standard InChI is InChI=1S/C21H18F3N5O2S/c1-2-13-7-9-14(10-8-13)28-18(31)15-5-3-4-6-16(15)29-19(28)26-27-20(29)32-11-17(30)25-12-21(22,23)24/h3-10H,2,11-12H2,1H3,(H,25,30). The molecule has 0 unspecified atom stereocenters. The number of halogens is 3. The van der Waals surface area contributed by atoms with E-state index < -0.39 is 18.6 Å². The Morgan fingerprint density at radius 2 is 1.81 bits per heavy atom. The van der Waals surface area contributed by atoms with Gasteiger partial charge in [0, 0.05) is 0 Å². The third-order valence-electron chi connectivity index (χ3n) is 4.82. The van der Waals surface area contributed by atoms with E-state index in [2.05, 4.69) is 10.2 Å². The Bertz CT molecular complexity index is 1350. The second kappa shape index (κ2) is 8.65. The fourth-order valence-electron chi connectivity index (χ4n) is 3.27. The molecule has 2 heterocycles. The first kappa shape index (κ1) is 21.9. The van der Waals surface area contributed by atoms with Gasteiger partial charge in [-0.3, -0.25) is 14.0 Å². The number of aryl methyl sites for hydroxylation is 1. The van der Waals surface area contributed by atoms with Crippen molar-refractivity contribution < 1.29 is 18.0 Å². The maximum Gasteiger partial charge on any atom is 0.405 e. The fraction of sp³-hybridized carbons (Fsp3) is 0.238. The molecule has 1 amide bonds. The number of hydrogen-bond donors (Lipinski definition) is 1. The van der Waals surface area contributed by atoms with E-state index in [4.69, 9.17) is 0 Å². The van der Waals surface area contributed by atoms with E-state index in [9.17, 15) is 22.8 Å². The van der Waals surface area contributed by atoms with Crippen LogP contribution in [0.1, 0.15) is 12.5 Å². The minimum absolute atomic E-state index is 0.246. The third kappa shape index (κ3) is 4.33. The highest BCUT2D eigenvalue weighted by Gasteiger charge is 2.27. The highest BCUT2D eigenvalue weighted by Crippen LogP contribution is 2.23. The zero-order valence-electron chi connectivity index (χ0n) is 16.9. The molecular formula is C21H18F3N5O2S. The van der Waals surface area contributed by atoms with E-state index >= 15 is 0 Å². The highest BCUT2D eigenvalue weighted by molar-refractivity contribution is 7.99. The summed E-state index contributed by atoms with van der Waals surface area (Å²) in [7, 11) is 0. The van der Waals surface area contributed by atoms with Crippen LogP contribution in [0, 0.1) is 0 Å². The molecule has 0 aliphatic rings. The monoisotopic (exact) mass is 461 g/mol. The molecule has 0 spiro atoms. The van der Waals surface area contributed by atoms with E-state index in [1.165, 1.54) is 4.57 Å². The molecule has 4 rings (SSSR count). The van der Waals surface area contributed by atoms with Crippen LogP contribution in [0.25, 0.3) is 22.4 Å². The average Bonchev–Trinajstić information content (AvgIpc) is 3.20. The maximum atomic E-state index is 13.3. The molecule has 0 radical (unpaired) electrons. The Hall–Kier alpha value is -3.34. The Balaban J connectivity index is 1.77. The van der Waals surface area contributed by atoms with Crippen molar-refractivity contribution in [2.24, 2.45) is 0 Å². The summed E-state index contributed by atoms with van der Waals surface area (Å²) >= 11 is 0.941. The van der Waals surface area contributed by atoms with Crippen molar-refractivity contribution in [3.63, 3.8) is 0 Å². The summed E-state index contributed by atoms with van der Waals surface area (Å²) in [5.74, 6) is -0.816. The molecule has 1 N–H and O–H groups in total. The third-order valence-corrected chi connectivity index (χ3v) is 5.74. The zero-order chi connectivity index (χ0) is 22.9. The predicted molar refractivity (Wildman–Crippen MR) is 115 cm³/mol. The van der Waals surface area contributed by atoms with Crippen molar-refractivity contribution in [1.29, 1.82) is 0 Å². The van der Waals surface area contributed by atoms with E-state index in [1.54, 1.807) is 28.7 Å². The lowest BCUT2D eigenvalue weighted by Crippen LogP contribution is -2.34. The van der Waals surface area contributed by atoms with Crippen LogP contribution in [-0.4, -0.2) is 43.5 Å². The average molecular weight is 461 g/mol. The van der Waals surface area contributed by atoms with Gasteiger partial charge in [0.25, 0.3) is 5.56 Å². The summed E-state index contributed by atoms with van der Waals surface area (Å²) in [6.07, 6.45) is -3.63. The van der Waals surface area contributed by atoms with Gasteiger partial charge in [-0.2, -0.15) is 13.2 Å². The van der Waals surface area contributed by atoms with E-state index in [0.717, 1.165) is 23.7 Å². The Morgan fingerprint density at radius 1 is 1.09 bits per heavy atom. The molecule has 32 heavy (non-hydrogen) atoms. The van der Waals surface area contributed by atoms with Crippen LogP contribution in [0.2, 0.25) is 0 Å². The molecule has 2 aromatic carbocycles. The summed E-state index contributed by atoms with van der Waals surface area (Å²) in [5, 5.41) is 10.8. The van der Waals surface area contributed by atoms with Crippen LogP contribution in [-0.2, 0) is 11.2 Å². The molecule has 166 valence electrons. The first-order valence-corrected chi connectivity index (χ1v) is 10.7. The topological polar surface area (TPSA) is 81.3 Å². The van der Waals surface area contributed by atoms with Gasteiger partial charge >= 0.3 is 6.18 Å². The number of carbonyl (C=O) groups is 1. The van der Waals surface area contributed by atoms with Gasteiger partial charge in [0.1, 0.15) is 6.54 Å². The minimum Gasteiger partial charge on any atom is -0.346 e. The van der Waals surface area contributed by atoms with Gasteiger partial charge in [-0.1, -0.05) is 43.0 Å². The number of alkyl halides is 3. The Kier molecular flexibility index (Phi) is 5.92. The summed E-state index contributed by atoms with van der Waals surface area (Å²) in [5.41, 5.74) is 1.98.